The van der Waals surface area contributed by atoms with Crippen LogP contribution in [0.15, 0.2) is 24.3 Å². The molecule has 0 bridgehead atoms. The highest BCUT2D eigenvalue weighted by molar-refractivity contribution is 6.30. The van der Waals surface area contributed by atoms with E-state index in [1.54, 1.807) is 29.2 Å². The highest BCUT2D eigenvalue weighted by Crippen LogP contribution is 2.21. The average molecular weight is 325 g/mol. The van der Waals surface area contributed by atoms with E-state index < -0.39 is 6.10 Å². The van der Waals surface area contributed by atoms with Crippen LogP contribution in [0.1, 0.15) is 26.2 Å². The normalized spacial score (nSPS) is 17.1. The topological polar surface area (TPSA) is 72.6 Å². The van der Waals surface area contributed by atoms with Crippen molar-refractivity contribution in [3.05, 3.63) is 29.3 Å². The number of ether oxygens (including phenoxy) is 1. The second kappa shape index (κ2) is 7.49. The Balaban J connectivity index is 1.94. The molecule has 1 heterocycles. The second-order valence-corrected chi connectivity index (χ2v) is 5.91. The summed E-state index contributed by atoms with van der Waals surface area (Å²) < 4.78 is 5.77. The molecule has 1 atom stereocenters. The Morgan fingerprint density at radius 3 is 2.41 bits per heavy atom. The van der Waals surface area contributed by atoms with Gasteiger partial charge in [0.1, 0.15) is 5.75 Å². The van der Waals surface area contributed by atoms with Crippen molar-refractivity contribution in [2.75, 3.05) is 13.1 Å². The highest BCUT2D eigenvalue weighted by Gasteiger charge is 2.30. The first-order chi connectivity index (χ1) is 10.5. The SMILES string of the molecule is CC[C@H](Oc1ccc(Cl)cc1)C(=O)N1CCC(C(N)=O)CC1. The van der Waals surface area contributed by atoms with Crippen molar-refractivity contribution in [2.45, 2.75) is 32.3 Å². The van der Waals surface area contributed by atoms with Gasteiger partial charge in [-0.25, -0.2) is 0 Å². The lowest BCUT2D eigenvalue weighted by molar-refractivity contribution is -0.141. The second-order valence-electron chi connectivity index (χ2n) is 5.47. The number of likely N-dealkylation sites (tertiary alicyclic amines) is 1. The van der Waals surface area contributed by atoms with Crippen LogP contribution < -0.4 is 10.5 Å². The molecular weight excluding hydrogens is 304 g/mol. The molecule has 22 heavy (non-hydrogen) atoms. The number of hydrogen-bond acceptors (Lipinski definition) is 3. The summed E-state index contributed by atoms with van der Waals surface area (Å²) in [4.78, 5) is 25.5. The molecule has 2 rings (SSSR count). The standard InChI is InChI=1S/C16H21ClN2O3/c1-2-14(22-13-5-3-12(17)4-6-13)16(21)19-9-7-11(8-10-19)15(18)20/h3-6,11,14H,2,7-10H2,1H3,(H2,18,20)/t14-/m0/s1. The fraction of sp³-hybridized carbons (Fsp3) is 0.500. The number of rotatable bonds is 5. The molecule has 120 valence electrons. The predicted molar refractivity (Wildman–Crippen MR) is 84.7 cm³/mol. The Kier molecular flexibility index (Phi) is 5.66. The van der Waals surface area contributed by atoms with Gasteiger partial charge in [0.05, 0.1) is 0 Å². The minimum Gasteiger partial charge on any atom is -0.481 e. The summed E-state index contributed by atoms with van der Waals surface area (Å²) in [7, 11) is 0. The number of hydrogen-bond donors (Lipinski definition) is 1. The van der Waals surface area contributed by atoms with Gasteiger partial charge in [0.25, 0.3) is 5.91 Å². The van der Waals surface area contributed by atoms with Gasteiger partial charge in [-0.3, -0.25) is 9.59 Å². The quantitative estimate of drug-likeness (QED) is 0.902. The molecule has 0 spiro atoms. The first-order valence-corrected chi connectivity index (χ1v) is 7.89. The zero-order chi connectivity index (χ0) is 16.1. The monoisotopic (exact) mass is 324 g/mol. The predicted octanol–water partition coefficient (Wildman–Crippen LogP) is 2.22. The molecule has 1 fully saturated rings. The zero-order valence-electron chi connectivity index (χ0n) is 12.6. The maximum Gasteiger partial charge on any atom is 0.263 e. The van der Waals surface area contributed by atoms with Crippen molar-refractivity contribution in [3.63, 3.8) is 0 Å². The molecule has 6 heteroatoms. The highest BCUT2D eigenvalue weighted by atomic mass is 35.5. The molecule has 5 nitrogen and oxygen atoms in total. The lowest BCUT2D eigenvalue weighted by Crippen LogP contribution is -2.47. The molecule has 1 aliphatic rings. The van der Waals surface area contributed by atoms with E-state index in [4.69, 9.17) is 22.1 Å². The molecule has 2 amide bonds. The molecular formula is C16H21ClN2O3. The van der Waals surface area contributed by atoms with E-state index in [2.05, 4.69) is 0 Å². The fourth-order valence-corrected chi connectivity index (χ4v) is 2.70. The number of carbonyl (C=O) groups is 2. The Bertz CT molecular complexity index is 525. The molecule has 2 N–H and O–H groups in total. The number of primary amides is 1. The average Bonchev–Trinajstić information content (AvgIpc) is 2.53. The van der Waals surface area contributed by atoms with Gasteiger partial charge in [0.15, 0.2) is 6.10 Å². The smallest absolute Gasteiger partial charge is 0.263 e. The van der Waals surface area contributed by atoms with Gasteiger partial charge in [-0.05, 0) is 43.5 Å². The van der Waals surface area contributed by atoms with Crippen LogP contribution in [-0.2, 0) is 9.59 Å². The number of piperidine rings is 1. The summed E-state index contributed by atoms with van der Waals surface area (Å²) in [6, 6.07) is 6.95. The third-order valence-corrected chi connectivity index (χ3v) is 4.20. The van der Waals surface area contributed by atoms with Gasteiger partial charge in [0, 0.05) is 24.0 Å². The minimum absolute atomic E-state index is 0.0413. The molecule has 1 aliphatic heterocycles. The maximum absolute atomic E-state index is 12.5. The molecule has 0 aliphatic carbocycles. The summed E-state index contributed by atoms with van der Waals surface area (Å²) in [5.74, 6) is 0.176. The van der Waals surface area contributed by atoms with Crippen molar-refractivity contribution in [1.82, 2.24) is 4.90 Å². The Morgan fingerprint density at radius 1 is 1.32 bits per heavy atom. The number of carbonyl (C=O) groups excluding carboxylic acids is 2. The number of halogens is 1. The summed E-state index contributed by atoms with van der Waals surface area (Å²) in [5, 5.41) is 0.625. The van der Waals surface area contributed by atoms with Gasteiger partial charge < -0.3 is 15.4 Å². The van der Waals surface area contributed by atoms with Gasteiger partial charge in [-0.15, -0.1) is 0 Å². The van der Waals surface area contributed by atoms with Crippen molar-refractivity contribution >= 4 is 23.4 Å². The molecule has 0 saturated carbocycles. The third kappa shape index (κ3) is 4.13. The summed E-state index contributed by atoms with van der Waals surface area (Å²) in [6.07, 6.45) is 1.31. The van der Waals surface area contributed by atoms with E-state index in [9.17, 15) is 9.59 Å². The van der Waals surface area contributed by atoms with Crippen molar-refractivity contribution in [1.29, 1.82) is 0 Å². The number of nitrogens with two attached hydrogens (primary N) is 1. The van der Waals surface area contributed by atoms with Crippen LogP contribution in [0, 0.1) is 5.92 Å². The van der Waals surface area contributed by atoms with Gasteiger partial charge in [-0.1, -0.05) is 18.5 Å². The van der Waals surface area contributed by atoms with Crippen LogP contribution in [0.4, 0.5) is 0 Å². The summed E-state index contributed by atoms with van der Waals surface area (Å²) >= 11 is 5.84. The van der Waals surface area contributed by atoms with Crippen molar-refractivity contribution in [3.8, 4) is 5.75 Å². The largest absolute Gasteiger partial charge is 0.481 e. The zero-order valence-corrected chi connectivity index (χ0v) is 13.4. The van der Waals surface area contributed by atoms with E-state index >= 15 is 0 Å². The van der Waals surface area contributed by atoms with E-state index in [1.807, 2.05) is 6.92 Å². The first-order valence-electron chi connectivity index (χ1n) is 7.51. The van der Waals surface area contributed by atoms with Crippen LogP contribution >= 0.6 is 11.6 Å². The van der Waals surface area contributed by atoms with E-state index in [0.29, 0.717) is 43.1 Å². The number of benzene rings is 1. The van der Waals surface area contributed by atoms with Crippen LogP contribution in [-0.4, -0.2) is 35.9 Å². The summed E-state index contributed by atoms with van der Waals surface area (Å²) in [6.45, 7) is 3.01. The van der Waals surface area contributed by atoms with E-state index in [0.717, 1.165) is 0 Å². The molecule has 0 unspecified atom stereocenters. The van der Waals surface area contributed by atoms with Crippen LogP contribution in [0.5, 0.6) is 5.75 Å². The fourth-order valence-electron chi connectivity index (χ4n) is 2.57. The molecule has 1 saturated heterocycles. The Labute approximate surface area is 135 Å². The van der Waals surface area contributed by atoms with Crippen LogP contribution in [0.25, 0.3) is 0 Å². The first kappa shape index (κ1) is 16.6. The van der Waals surface area contributed by atoms with Gasteiger partial charge in [-0.2, -0.15) is 0 Å². The lowest BCUT2D eigenvalue weighted by atomic mass is 9.96. The van der Waals surface area contributed by atoms with Gasteiger partial charge in [0.2, 0.25) is 5.91 Å². The van der Waals surface area contributed by atoms with E-state index in [-0.39, 0.29) is 17.7 Å². The summed E-state index contributed by atoms with van der Waals surface area (Å²) in [5.41, 5.74) is 5.31. The Hall–Kier alpha value is -1.75. The maximum atomic E-state index is 12.5. The van der Waals surface area contributed by atoms with E-state index in [1.165, 1.54) is 0 Å². The van der Waals surface area contributed by atoms with Crippen LogP contribution in [0.3, 0.4) is 0 Å². The third-order valence-electron chi connectivity index (χ3n) is 3.95. The van der Waals surface area contributed by atoms with Crippen molar-refractivity contribution < 1.29 is 14.3 Å². The lowest BCUT2D eigenvalue weighted by Gasteiger charge is -2.33. The molecule has 1 aromatic carbocycles. The minimum atomic E-state index is -0.522. The Morgan fingerprint density at radius 2 is 1.91 bits per heavy atom. The van der Waals surface area contributed by atoms with Gasteiger partial charge >= 0.3 is 0 Å². The molecule has 1 aromatic rings. The number of amides is 2. The molecule has 0 aromatic heterocycles. The molecule has 0 radical (unpaired) electrons. The number of nitrogens with zero attached hydrogens (tertiary/aromatic N) is 1. The van der Waals surface area contributed by atoms with Crippen molar-refractivity contribution in [2.24, 2.45) is 11.7 Å². The van der Waals surface area contributed by atoms with Crippen LogP contribution in [0.2, 0.25) is 5.02 Å².